The normalized spacial score (nSPS) is 16.7. The van der Waals surface area contributed by atoms with Crippen molar-refractivity contribution in [3.05, 3.63) is 46.4 Å². The SMILES string of the molecule is O=S(=O)(Cc1csc(CN2CCOCC2)n1)c1ccccc1. The van der Waals surface area contributed by atoms with Crippen LogP contribution < -0.4 is 0 Å². The average Bonchev–Trinajstić information content (AvgIpc) is 2.95. The maximum absolute atomic E-state index is 12.3. The minimum atomic E-state index is -3.32. The number of ether oxygens (including phenoxy) is 1. The van der Waals surface area contributed by atoms with E-state index in [9.17, 15) is 8.42 Å². The highest BCUT2D eigenvalue weighted by atomic mass is 32.2. The van der Waals surface area contributed by atoms with E-state index in [1.54, 1.807) is 24.3 Å². The van der Waals surface area contributed by atoms with Crippen molar-refractivity contribution in [1.29, 1.82) is 0 Å². The maximum atomic E-state index is 12.3. The van der Waals surface area contributed by atoms with E-state index in [2.05, 4.69) is 9.88 Å². The molecule has 1 fully saturated rings. The van der Waals surface area contributed by atoms with E-state index in [1.807, 2.05) is 11.4 Å². The standard InChI is InChI=1S/C15H18N2O3S2/c18-22(19,14-4-2-1-3-5-14)12-13-11-21-15(16-13)10-17-6-8-20-9-7-17/h1-5,11H,6-10,12H2. The predicted octanol–water partition coefficient (Wildman–Crippen LogP) is 1.95. The zero-order chi connectivity index (χ0) is 15.4. The molecule has 22 heavy (non-hydrogen) atoms. The Kier molecular flexibility index (Phi) is 4.87. The Bertz CT molecular complexity index is 707. The van der Waals surface area contributed by atoms with Crippen LogP contribution in [0.25, 0.3) is 0 Å². The molecule has 7 heteroatoms. The van der Waals surface area contributed by atoms with Gasteiger partial charge >= 0.3 is 0 Å². The third kappa shape index (κ3) is 3.92. The van der Waals surface area contributed by atoms with Gasteiger partial charge in [0, 0.05) is 18.5 Å². The molecule has 1 aliphatic rings. The summed E-state index contributed by atoms with van der Waals surface area (Å²) in [7, 11) is -3.32. The van der Waals surface area contributed by atoms with Crippen LogP contribution in [0.4, 0.5) is 0 Å². The van der Waals surface area contributed by atoms with Crippen LogP contribution in [0.2, 0.25) is 0 Å². The van der Waals surface area contributed by atoms with Gasteiger partial charge in [-0.3, -0.25) is 4.90 Å². The van der Waals surface area contributed by atoms with Crippen LogP contribution >= 0.6 is 11.3 Å². The largest absolute Gasteiger partial charge is 0.379 e. The Hall–Kier alpha value is -1.28. The molecule has 0 unspecified atom stereocenters. The number of morpholine rings is 1. The Morgan fingerprint density at radius 2 is 1.91 bits per heavy atom. The van der Waals surface area contributed by atoms with E-state index in [-0.39, 0.29) is 5.75 Å². The van der Waals surface area contributed by atoms with Crippen LogP contribution in [0.5, 0.6) is 0 Å². The summed E-state index contributed by atoms with van der Waals surface area (Å²) in [6.45, 7) is 4.06. The fourth-order valence-electron chi connectivity index (χ4n) is 2.34. The van der Waals surface area contributed by atoms with Gasteiger partial charge in [0.05, 0.1) is 36.1 Å². The average molecular weight is 338 g/mol. The van der Waals surface area contributed by atoms with Crippen LogP contribution in [-0.2, 0) is 26.9 Å². The predicted molar refractivity (Wildman–Crippen MR) is 85.5 cm³/mol. The molecular formula is C15H18N2O3S2. The summed E-state index contributed by atoms with van der Waals surface area (Å²) < 4.78 is 30.0. The van der Waals surface area contributed by atoms with Gasteiger partial charge < -0.3 is 4.74 Å². The number of hydrogen-bond acceptors (Lipinski definition) is 6. The second-order valence-electron chi connectivity index (χ2n) is 5.19. The fourth-order valence-corrected chi connectivity index (χ4v) is 4.56. The molecule has 2 aromatic rings. The van der Waals surface area contributed by atoms with E-state index in [0.717, 1.165) is 37.9 Å². The number of benzene rings is 1. The first kappa shape index (κ1) is 15.6. The van der Waals surface area contributed by atoms with Crippen LogP contribution in [-0.4, -0.2) is 44.6 Å². The van der Waals surface area contributed by atoms with Crippen molar-refractivity contribution in [3.8, 4) is 0 Å². The summed E-state index contributed by atoms with van der Waals surface area (Å²) in [5.41, 5.74) is 0.622. The zero-order valence-corrected chi connectivity index (χ0v) is 13.8. The summed E-state index contributed by atoms with van der Waals surface area (Å²) >= 11 is 1.52. The lowest BCUT2D eigenvalue weighted by Gasteiger charge is -2.25. The van der Waals surface area contributed by atoms with Crippen LogP contribution in [0, 0.1) is 0 Å². The molecule has 0 N–H and O–H groups in total. The molecule has 1 saturated heterocycles. The van der Waals surface area contributed by atoms with Gasteiger partial charge in [0.25, 0.3) is 0 Å². The van der Waals surface area contributed by atoms with Gasteiger partial charge in [0.2, 0.25) is 0 Å². The van der Waals surface area contributed by atoms with Gasteiger partial charge in [-0.1, -0.05) is 18.2 Å². The van der Waals surface area contributed by atoms with Crippen molar-refractivity contribution < 1.29 is 13.2 Å². The second kappa shape index (κ2) is 6.87. The zero-order valence-electron chi connectivity index (χ0n) is 12.1. The number of sulfone groups is 1. The Labute approximate surface area is 134 Å². The molecule has 0 bridgehead atoms. The first-order chi connectivity index (χ1) is 10.6. The molecular weight excluding hydrogens is 320 g/mol. The lowest BCUT2D eigenvalue weighted by molar-refractivity contribution is 0.0341. The van der Waals surface area contributed by atoms with Gasteiger partial charge in [-0.15, -0.1) is 11.3 Å². The lowest BCUT2D eigenvalue weighted by Crippen LogP contribution is -2.35. The highest BCUT2D eigenvalue weighted by Gasteiger charge is 2.18. The Morgan fingerprint density at radius 1 is 1.18 bits per heavy atom. The molecule has 118 valence electrons. The summed E-state index contributed by atoms with van der Waals surface area (Å²) in [6.07, 6.45) is 0. The molecule has 0 amide bonds. The van der Waals surface area contributed by atoms with Crippen molar-refractivity contribution in [2.24, 2.45) is 0 Å². The quantitative estimate of drug-likeness (QED) is 0.834. The summed E-state index contributed by atoms with van der Waals surface area (Å²) in [5, 5.41) is 2.80. The number of aromatic nitrogens is 1. The Balaban J connectivity index is 1.66. The monoisotopic (exact) mass is 338 g/mol. The van der Waals surface area contributed by atoms with Gasteiger partial charge in [-0.25, -0.2) is 13.4 Å². The van der Waals surface area contributed by atoms with Crippen LogP contribution in [0.15, 0.2) is 40.6 Å². The van der Waals surface area contributed by atoms with Gasteiger partial charge in [-0.2, -0.15) is 0 Å². The third-order valence-electron chi connectivity index (χ3n) is 3.50. The van der Waals surface area contributed by atoms with Gasteiger partial charge in [0.15, 0.2) is 9.84 Å². The van der Waals surface area contributed by atoms with Crippen molar-refractivity contribution in [3.63, 3.8) is 0 Å². The molecule has 0 aliphatic carbocycles. The van der Waals surface area contributed by atoms with E-state index in [0.29, 0.717) is 10.6 Å². The Morgan fingerprint density at radius 3 is 2.64 bits per heavy atom. The summed E-state index contributed by atoms with van der Waals surface area (Å²) in [6, 6.07) is 8.52. The topological polar surface area (TPSA) is 59.5 Å². The van der Waals surface area contributed by atoms with E-state index >= 15 is 0 Å². The smallest absolute Gasteiger partial charge is 0.184 e. The number of hydrogen-bond donors (Lipinski definition) is 0. The second-order valence-corrected chi connectivity index (χ2v) is 8.13. The van der Waals surface area contributed by atoms with E-state index in [1.165, 1.54) is 11.3 Å². The first-order valence-electron chi connectivity index (χ1n) is 7.15. The maximum Gasteiger partial charge on any atom is 0.184 e. The van der Waals surface area contributed by atoms with Gasteiger partial charge in [0.1, 0.15) is 5.01 Å². The molecule has 0 spiro atoms. The fraction of sp³-hybridized carbons (Fsp3) is 0.400. The number of nitrogens with zero attached hydrogens (tertiary/aromatic N) is 2. The van der Waals surface area contributed by atoms with Crippen molar-refractivity contribution in [1.82, 2.24) is 9.88 Å². The minimum Gasteiger partial charge on any atom is -0.379 e. The molecule has 1 aromatic carbocycles. The first-order valence-corrected chi connectivity index (χ1v) is 9.68. The molecule has 1 aliphatic heterocycles. The van der Waals surface area contributed by atoms with E-state index < -0.39 is 9.84 Å². The molecule has 3 rings (SSSR count). The molecule has 1 aromatic heterocycles. The highest BCUT2D eigenvalue weighted by molar-refractivity contribution is 7.90. The molecule has 0 atom stereocenters. The molecule has 2 heterocycles. The van der Waals surface area contributed by atoms with Crippen LogP contribution in [0.3, 0.4) is 0 Å². The third-order valence-corrected chi connectivity index (χ3v) is 6.05. The van der Waals surface area contributed by atoms with Crippen molar-refractivity contribution in [2.45, 2.75) is 17.2 Å². The molecule has 0 radical (unpaired) electrons. The number of rotatable bonds is 5. The molecule has 5 nitrogen and oxygen atoms in total. The van der Waals surface area contributed by atoms with Crippen LogP contribution in [0.1, 0.15) is 10.7 Å². The van der Waals surface area contributed by atoms with Gasteiger partial charge in [-0.05, 0) is 12.1 Å². The van der Waals surface area contributed by atoms with E-state index in [4.69, 9.17) is 4.74 Å². The highest BCUT2D eigenvalue weighted by Crippen LogP contribution is 2.19. The number of thiazole rings is 1. The molecule has 0 saturated carbocycles. The van der Waals surface area contributed by atoms with Crippen molar-refractivity contribution >= 4 is 21.2 Å². The summed E-state index contributed by atoms with van der Waals surface area (Å²) in [5.74, 6) is -0.0450. The summed E-state index contributed by atoms with van der Waals surface area (Å²) in [4.78, 5) is 7.09. The minimum absolute atomic E-state index is 0.0450. The lowest BCUT2D eigenvalue weighted by atomic mass is 10.4. The van der Waals surface area contributed by atoms with Crippen molar-refractivity contribution in [2.75, 3.05) is 26.3 Å².